The molecule has 1 aliphatic rings. The van der Waals surface area contributed by atoms with Gasteiger partial charge in [-0.05, 0) is 0 Å². The maximum absolute atomic E-state index is 11.4. The van der Waals surface area contributed by atoms with E-state index in [2.05, 4.69) is 27.1 Å². The predicted octanol–water partition coefficient (Wildman–Crippen LogP) is -39.1. The minimum atomic E-state index is -6.02. The van der Waals surface area contributed by atoms with Crippen LogP contribution in [0.5, 0.6) is 0 Å². The maximum atomic E-state index is 11.4. The van der Waals surface area contributed by atoms with Crippen molar-refractivity contribution in [3.05, 3.63) is 0 Å². The Kier molecular flexibility index (Phi) is 73.9. The fraction of sp³-hybridized carbons (Fsp3) is 1.00. The molecule has 1 rings (SSSR count). The smallest absolute Gasteiger partial charge is 0.303 e. The minimum Gasteiger partial charge on any atom is -0.303 e. The number of phosphoric ester groups is 6. The molecule has 0 radical (unpaired) electrons. The molecule has 0 atom stereocenters. The number of hydrogen-bond donors (Lipinski definition) is 12. The van der Waals surface area contributed by atoms with E-state index in [-0.39, 0.29) is 355 Å². The zero-order chi connectivity index (χ0) is 28.7. The third-order valence-corrected chi connectivity index (χ3v) is 6.61. The van der Waals surface area contributed by atoms with Crippen LogP contribution < -0.4 is 355 Å². The van der Waals surface area contributed by atoms with Gasteiger partial charge in [0.25, 0.3) is 0 Å². The van der Waals surface area contributed by atoms with Crippen molar-refractivity contribution in [3.8, 4) is 0 Å². The average molecular weight is 936 g/mol. The van der Waals surface area contributed by atoms with E-state index in [4.69, 9.17) is 58.7 Å². The molecule has 24 nitrogen and oxygen atoms in total. The molecule has 0 bridgehead atoms. The molecule has 1 fully saturated rings. The van der Waals surface area contributed by atoms with Gasteiger partial charge in [0, 0.05) is 0 Å². The normalized spacial score (nSPS) is 22.0. The summed E-state index contributed by atoms with van der Waals surface area (Å²) >= 11 is 0. The standard InChI is InChI=1S/C6H18O24P6.12Na/c7-31(8,9)25-1-2(26-32(10,11)12)4(28-34(16,17)18)6(30-36(22,23)24)5(29-35(19,20)21)3(1)27-33(13,14)15;;;;;;;;;;;;/h1-6H,(H2,7,8,9)(H2,10,11,12)(H2,13,14,15)(H2,16,17,18)(H2,19,20,21)(H2,22,23,24);;;;;;;;;;;;/q;12*+1. The first-order valence-corrected chi connectivity index (χ1v) is 17.2. The van der Waals surface area contributed by atoms with E-state index in [1.807, 2.05) is 0 Å². The molecule has 12 N–H and O–H groups in total. The van der Waals surface area contributed by atoms with E-state index in [1.54, 1.807) is 0 Å². The molecule has 0 heterocycles. The second-order valence-corrected chi connectivity index (χ2v) is 13.5. The second kappa shape index (κ2) is 38.9. The van der Waals surface area contributed by atoms with Gasteiger partial charge in [0.15, 0.2) is 0 Å². The Balaban J connectivity index is -0.000000108. The minimum absolute atomic E-state index is 0. The number of phosphoric acid groups is 6. The third-order valence-electron chi connectivity index (χ3n) is 3.50. The molecule has 216 valence electrons. The second-order valence-electron chi connectivity index (χ2n) is 6.36. The Morgan fingerprint density at radius 2 is 0.292 bits per heavy atom. The third kappa shape index (κ3) is 43.9. The van der Waals surface area contributed by atoms with Gasteiger partial charge in [0.2, 0.25) is 0 Å². The van der Waals surface area contributed by atoms with Crippen molar-refractivity contribution in [1.82, 2.24) is 0 Å². The summed E-state index contributed by atoms with van der Waals surface area (Å²) in [5.41, 5.74) is 0. The average Bonchev–Trinajstić information content (AvgIpc) is 2.51. The van der Waals surface area contributed by atoms with Gasteiger partial charge in [-0.1, -0.05) is 0 Å². The van der Waals surface area contributed by atoms with Gasteiger partial charge in [0.05, 0.1) is 0 Å². The van der Waals surface area contributed by atoms with E-state index < -0.39 is 83.6 Å². The Hall–Kier alpha value is 12.7. The Labute approximate surface area is 538 Å². The SMILES string of the molecule is O=P(O)(O)OC1C(OP(=O)(O)O)C(OP(=O)(O)O)C(OP(=O)(O)O)C(OP(=O)(O)O)C1OP(=O)(O)O.[Na+].[Na+].[Na+].[Na+].[Na+].[Na+].[Na+].[Na+].[Na+].[Na+].[Na+].[Na+]. The molecule has 0 saturated heterocycles. The molecule has 1 aliphatic carbocycles. The van der Waals surface area contributed by atoms with Crippen LogP contribution in [0, 0.1) is 0 Å². The molecule has 48 heavy (non-hydrogen) atoms. The summed E-state index contributed by atoms with van der Waals surface area (Å²) in [6.45, 7) is 0. The van der Waals surface area contributed by atoms with E-state index in [0.29, 0.717) is 0 Å². The molecular weight excluding hydrogens is 918 g/mol. The van der Waals surface area contributed by atoms with Crippen molar-refractivity contribution in [2.24, 2.45) is 0 Å². The van der Waals surface area contributed by atoms with E-state index in [0.717, 1.165) is 0 Å². The quantitative estimate of drug-likeness (QED) is 0.0638. The van der Waals surface area contributed by atoms with Gasteiger partial charge in [0.1, 0.15) is 36.6 Å². The molecular formula is C6H18Na12O24P6+12. The molecule has 0 amide bonds. The van der Waals surface area contributed by atoms with Gasteiger partial charge < -0.3 is 58.7 Å². The van der Waals surface area contributed by atoms with Gasteiger partial charge in [-0.2, -0.15) is 0 Å². The summed E-state index contributed by atoms with van der Waals surface area (Å²) in [7, 11) is -36.1. The van der Waals surface area contributed by atoms with Crippen molar-refractivity contribution in [2.75, 3.05) is 0 Å². The fourth-order valence-electron chi connectivity index (χ4n) is 2.79. The predicted molar refractivity (Wildman–Crippen MR) is 102 cm³/mol. The molecule has 0 aromatic rings. The Bertz CT molecular complexity index is 857. The van der Waals surface area contributed by atoms with E-state index in [1.165, 1.54) is 0 Å². The monoisotopic (exact) mass is 936 g/mol. The fourth-order valence-corrected chi connectivity index (χ4v) is 6.14. The molecule has 42 heteroatoms. The summed E-state index contributed by atoms with van der Waals surface area (Å²) in [5, 5.41) is 0. The van der Waals surface area contributed by atoms with Gasteiger partial charge in [-0.25, -0.2) is 27.4 Å². The summed E-state index contributed by atoms with van der Waals surface area (Å²) in [6, 6.07) is 0. The van der Waals surface area contributed by atoms with Crippen molar-refractivity contribution in [1.29, 1.82) is 0 Å². The summed E-state index contributed by atoms with van der Waals surface area (Å²) in [4.78, 5) is 110. The topological polar surface area (TPSA) is 401 Å². The van der Waals surface area contributed by atoms with Crippen LogP contribution in [0.2, 0.25) is 0 Å². The van der Waals surface area contributed by atoms with Crippen molar-refractivity contribution in [2.45, 2.75) is 36.6 Å². The van der Waals surface area contributed by atoms with Crippen LogP contribution in [0.4, 0.5) is 0 Å². The van der Waals surface area contributed by atoms with E-state index in [9.17, 15) is 27.4 Å². The largest absolute Gasteiger partial charge is 1.00 e. The van der Waals surface area contributed by atoms with Crippen LogP contribution in [0.15, 0.2) is 0 Å². The summed E-state index contributed by atoms with van der Waals surface area (Å²) in [5.74, 6) is 0. The van der Waals surface area contributed by atoms with Crippen molar-refractivity contribution < 1.29 is 468 Å². The van der Waals surface area contributed by atoms with Crippen LogP contribution in [0.1, 0.15) is 0 Å². The van der Waals surface area contributed by atoms with E-state index >= 15 is 0 Å². The Morgan fingerprint density at radius 3 is 0.333 bits per heavy atom. The van der Waals surface area contributed by atoms with Gasteiger partial charge in [-0.3, -0.25) is 27.1 Å². The Morgan fingerprint density at radius 1 is 0.229 bits per heavy atom. The summed E-state index contributed by atoms with van der Waals surface area (Å²) in [6.07, 6.45) is -18.9. The van der Waals surface area contributed by atoms with Crippen LogP contribution >= 0.6 is 46.9 Å². The first kappa shape index (κ1) is 91.2. The van der Waals surface area contributed by atoms with Crippen molar-refractivity contribution in [3.63, 3.8) is 0 Å². The van der Waals surface area contributed by atoms with Gasteiger partial charge in [-0.15, -0.1) is 0 Å². The van der Waals surface area contributed by atoms with Gasteiger partial charge >= 0.3 is 402 Å². The zero-order valence-electron chi connectivity index (χ0n) is 28.4. The molecule has 1 saturated carbocycles. The maximum Gasteiger partial charge on any atom is 1.00 e. The number of rotatable bonds is 12. The molecule has 0 spiro atoms. The van der Waals surface area contributed by atoms with Crippen LogP contribution in [0.3, 0.4) is 0 Å². The van der Waals surface area contributed by atoms with Crippen LogP contribution in [-0.4, -0.2) is 95.3 Å². The first-order valence-electron chi connectivity index (χ1n) is 8.01. The molecule has 0 aromatic heterocycles. The zero-order valence-corrected chi connectivity index (χ0v) is 57.8. The van der Waals surface area contributed by atoms with Crippen molar-refractivity contribution >= 4 is 46.9 Å². The summed E-state index contributed by atoms with van der Waals surface area (Å²) < 4.78 is 93.1. The molecule has 0 unspecified atom stereocenters. The van der Waals surface area contributed by atoms with Crippen LogP contribution in [-0.2, 0) is 54.5 Å². The molecule has 0 aliphatic heterocycles. The molecule has 0 aromatic carbocycles. The number of hydrogen-bond acceptors (Lipinski definition) is 12. The van der Waals surface area contributed by atoms with Crippen LogP contribution in [0.25, 0.3) is 0 Å². The first-order chi connectivity index (χ1) is 15.6.